The van der Waals surface area contributed by atoms with Gasteiger partial charge in [-0.1, -0.05) is 0 Å². The highest BCUT2D eigenvalue weighted by Crippen LogP contribution is 2.35. The number of carbonyl (C=O) groups excluding carboxylic acids is 1. The molecule has 1 amide bonds. The van der Waals surface area contributed by atoms with Crippen LogP contribution in [0.4, 0.5) is 10.6 Å². The first-order chi connectivity index (χ1) is 12.3. The molecule has 3 rings (SSSR count). The summed E-state index contributed by atoms with van der Waals surface area (Å²) in [6, 6.07) is 0. The van der Waals surface area contributed by atoms with Gasteiger partial charge >= 0.3 is 6.09 Å². The van der Waals surface area contributed by atoms with Crippen molar-refractivity contribution in [1.29, 1.82) is 0 Å². The molecule has 8 heteroatoms. The van der Waals surface area contributed by atoms with E-state index in [-0.39, 0.29) is 29.5 Å². The van der Waals surface area contributed by atoms with Crippen molar-refractivity contribution in [2.75, 3.05) is 0 Å². The van der Waals surface area contributed by atoms with E-state index in [0.717, 1.165) is 25.7 Å². The Bertz CT molecular complexity index is 741. The summed E-state index contributed by atoms with van der Waals surface area (Å²) >= 11 is 0. The van der Waals surface area contributed by atoms with Gasteiger partial charge in [-0.25, -0.2) is 14.8 Å². The van der Waals surface area contributed by atoms with Gasteiger partial charge in [0.25, 0.3) is 0 Å². The standard InChI is InChI=1S/C18H26N6O2/c1-11-16(22-8-7-21-11)23-15(20)10-14(19)12-3-4-13(9-12)26-17(25)24-18(2)5-6-18/h7-8,10,12-13H,3-6,9,19H2,1-2H3,(H,24,25)(H2,20,22,23)/b14-10-. The van der Waals surface area contributed by atoms with Crippen LogP contribution in [0.3, 0.4) is 0 Å². The van der Waals surface area contributed by atoms with Gasteiger partial charge in [0.1, 0.15) is 11.9 Å². The maximum atomic E-state index is 11.9. The highest BCUT2D eigenvalue weighted by molar-refractivity contribution is 5.93. The molecule has 1 heterocycles. The zero-order valence-electron chi connectivity index (χ0n) is 15.2. The topological polar surface area (TPSA) is 129 Å². The third-order valence-electron chi connectivity index (χ3n) is 4.94. The molecule has 2 aliphatic carbocycles. The van der Waals surface area contributed by atoms with E-state index in [0.29, 0.717) is 23.6 Å². The second-order valence-corrected chi connectivity index (χ2v) is 7.37. The van der Waals surface area contributed by atoms with Crippen LogP contribution < -0.4 is 16.8 Å². The van der Waals surface area contributed by atoms with Gasteiger partial charge in [0.2, 0.25) is 0 Å². The van der Waals surface area contributed by atoms with E-state index < -0.39 is 0 Å². The summed E-state index contributed by atoms with van der Waals surface area (Å²) in [6.45, 7) is 3.84. The van der Waals surface area contributed by atoms with Gasteiger partial charge in [0, 0.05) is 29.5 Å². The number of nitrogens with two attached hydrogens (primary N) is 2. The number of rotatable bonds is 5. The Kier molecular flexibility index (Phi) is 5.11. The number of hydrogen-bond donors (Lipinski definition) is 3. The molecule has 26 heavy (non-hydrogen) atoms. The first kappa shape index (κ1) is 18.2. The van der Waals surface area contributed by atoms with E-state index >= 15 is 0 Å². The lowest BCUT2D eigenvalue weighted by molar-refractivity contribution is 0.0960. The average Bonchev–Trinajstić information content (AvgIpc) is 3.10. The number of aryl methyl sites for hydroxylation is 1. The fourth-order valence-electron chi connectivity index (χ4n) is 3.04. The first-order valence-electron chi connectivity index (χ1n) is 8.92. The van der Waals surface area contributed by atoms with Crippen molar-refractivity contribution in [2.24, 2.45) is 22.4 Å². The molecule has 2 atom stereocenters. The van der Waals surface area contributed by atoms with Crippen molar-refractivity contribution < 1.29 is 9.53 Å². The summed E-state index contributed by atoms with van der Waals surface area (Å²) in [5, 5.41) is 2.91. The van der Waals surface area contributed by atoms with Crippen molar-refractivity contribution in [3.05, 3.63) is 29.9 Å². The van der Waals surface area contributed by atoms with E-state index in [2.05, 4.69) is 20.3 Å². The Morgan fingerprint density at radius 1 is 1.35 bits per heavy atom. The van der Waals surface area contributed by atoms with Crippen molar-refractivity contribution in [3.63, 3.8) is 0 Å². The van der Waals surface area contributed by atoms with Crippen LogP contribution in [0.5, 0.6) is 0 Å². The zero-order chi connectivity index (χ0) is 18.7. The van der Waals surface area contributed by atoms with Gasteiger partial charge in [0.15, 0.2) is 5.82 Å². The Morgan fingerprint density at radius 3 is 2.77 bits per heavy atom. The molecule has 2 aliphatic rings. The van der Waals surface area contributed by atoms with E-state index in [4.69, 9.17) is 16.2 Å². The van der Waals surface area contributed by atoms with E-state index in [1.807, 2.05) is 13.8 Å². The van der Waals surface area contributed by atoms with Crippen LogP contribution in [-0.4, -0.2) is 33.5 Å². The third-order valence-corrected chi connectivity index (χ3v) is 4.94. The lowest BCUT2D eigenvalue weighted by Crippen LogP contribution is -2.36. The van der Waals surface area contributed by atoms with Crippen molar-refractivity contribution in [3.8, 4) is 0 Å². The normalized spacial score (nSPS) is 25.0. The van der Waals surface area contributed by atoms with Gasteiger partial charge in [-0.15, -0.1) is 0 Å². The SMILES string of the molecule is Cc1nccnc1N=C(N)/C=C(\N)C1CCC(OC(=O)NC2(C)CC2)C1. The number of nitrogens with one attached hydrogen (secondary N) is 1. The highest BCUT2D eigenvalue weighted by Gasteiger charge is 2.40. The fourth-order valence-corrected chi connectivity index (χ4v) is 3.04. The molecule has 0 spiro atoms. The Labute approximate surface area is 153 Å². The number of amides is 1. The number of amidine groups is 1. The minimum absolute atomic E-state index is 0.0720. The number of aromatic nitrogens is 2. The summed E-state index contributed by atoms with van der Waals surface area (Å²) in [6.07, 6.45) is 8.75. The van der Waals surface area contributed by atoms with Gasteiger partial charge in [0.05, 0.1) is 5.69 Å². The summed E-state index contributed by atoms with van der Waals surface area (Å²) in [7, 11) is 0. The molecule has 140 valence electrons. The molecule has 5 N–H and O–H groups in total. The van der Waals surface area contributed by atoms with Crippen molar-refractivity contribution >= 4 is 17.7 Å². The molecule has 2 unspecified atom stereocenters. The highest BCUT2D eigenvalue weighted by atomic mass is 16.6. The predicted octanol–water partition coefficient (Wildman–Crippen LogP) is 2.06. The van der Waals surface area contributed by atoms with Gasteiger partial charge in [-0.2, -0.15) is 0 Å². The second-order valence-electron chi connectivity index (χ2n) is 7.37. The van der Waals surface area contributed by atoms with Crippen LogP contribution in [-0.2, 0) is 4.74 Å². The molecule has 0 aromatic carbocycles. The minimum atomic E-state index is -0.336. The Hall–Kier alpha value is -2.64. The van der Waals surface area contributed by atoms with Gasteiger partial charge in [-0.05, 0) is 52.0 Å². The first-order valence-corrected chi connectivity index (χ1v) is 8.92. The largest absolute Gasteiger partial charge is 0.446 e. The molecule has 0 aliphatic heterocycles. The number of nitrogens with zero attached hydrogens (tertiary/aromatic N) is 3. The van der Waals surface area contributed by atoms with Gasteiger partial charge in [-0.3, -0.25) is 4.98 Å². The lowest BCUT2D eigenvalue weighted by Gasteiger charge is -2.16. The quantitative estimate of drug-likeness (QED) is 0.546. The Balaban J connectivity index is 1.55. The van der Waals surface area contributed by atoms with E-state index in [1.54, 1.807) is 18.5 Å². The van der Waals surface area contributed by atoms with Crippen LogP contribution >= 0.6 is 0 Å². The van der Waals surface area contributed by atoms with Crippen LogP contribution in [0.15, 0.2) is 29.2 Å². The third kappa shape index (κ3) is 4.71. The van der Waals surface area contributed by atoms with Gasteiger partial charge < -0.3 is 21.5 Å². The molecule has 8 nitrogen and oxygen atoms in total. The number of ether oxygens (including phenoxy) is 1. The van der Waals surface area contributed by atoms with Crippen LogP contribution in [0.1, 0.15) is 44.7 Å². The molecular formula is C18H26N6O2. The number of alkyl carbamates (subject to hydrolysis) is 1. The summed E-state index contributed by atoms with van der Waals surface area (Å²) < 4.78 is 5.51. The number of allylic oxidation sites excluding steroid dienone is 1. The molecule has 0 radical (unpaired) electrons. The molecule has 1 aromatic rings. The molecule has 2 saturated carbocycles. The molecule has 0 bridgehead atoms. The average molecular weight is 358 g/mol. The summed E-state index contributed by atoms with van der Waals surface area (Å²) in [5.41, 5.74) is 13.4. The number of hydrogen-bond acceptors (Lipinski definition) is 6. The second kappa shape index (κ2) is 7.31. The van der Waals surface area contributed by atoms with Crippen LogP contribution in [0.25, 0.3) is 0 Å². The lowest BCUT2D eigenvalue weighted by atomic mass is 10.0. The monoisotopic (exact) mass is 358 g/mol. The smallest absolute Gasteiger partial charge is 0.407 e. The zero-order valence-corrected chi connectivity index (χ0v) is 15.2. The summed E-state index contributed by atoms with van der Waals surface area (Å²) in [5.74, 6) is 0.891. The molecular weight excluding hydrogens is 332 g/mol. The summed E-state index contributed by atoms with van der Waals surface area (Å²) in [4.78, 5) is 24.4. The van der Waals surface area contributed by atoms with Crippen LogP contribution in [0.2, 0.25) is 0 Å². The Morgan fingerprint density at radius 2 is 2.08 bits per heavy atom. The van der Waals surface area contributed by atoms with Crippen molar-refractivity contribution in [1.82, 2.24) is 15.3 Å². The predicted molar refractivity (Wildman–Crippen MR) is 98.7 cm³/mol. The van der Waals surface area contributed by atoms with Crippen molar-refractivity contribution in [2.45, 2.75) is 57.6 Å². The maximum absolute atomic E-state index is 11.9. The number of aliphatic imine (C=N–C) groups is 1. The molecule has 0 saturated heterocycles. The maximum Gasteiger partial charge on any atom is 0.407 e. The minimum Gasteiger partial charge on any atom is -0.446 e. The fraction of sp³-hybridized carbons (Fsp3) is 0.556. The molecule has 2 fully saturated rings. The van der Waals surface area contributed by atoms with E-state index in [9.17, 15) is 4.79 Å². The van der Waals surface area contributed by atoms with E-state index in [1.165, 1.54) is 0 Å². The number of carbonyl (C=O) groups is 1. The van der Waals surface area contributed by atoms with Crippen LogP contribution in [0, 0.1) is 12.8 Å². The molecule has 1 aromatic heterocycles.